The minimum Gasteiger partial charge on any atom is -0.451 e. The van der Waals surface area contributed by atoms with E-state index in [2.05, 4.69) is 19.7 Å². The van der Waals surface area contributed by atoms with Gasteiger partial charge in [0.2, 0.25) is 5.75 Å². The van der Waals surface area contributed by atoms with Crippen molar-refractivity contribution in [2.75, 3.05) is 0 Å². The van der Waals surface area contributed by atoms with E-state index in [4.69, 9.17) is 22.9 Å². The first kappa shape index (κ1) is 20.9. The fraction of sp³-hybridized carbons (Fsp3) is 0.167. The van der Waals surface area contributed by atoms with Gasteiger partial charge in [0.1, 0.15) is 5.75 Å². The van der Waals surface area contributed by atoms with Gasteiger partial charge in [-0.25, -0.2) is 14.9 Å². The number of rotatable bonds is 6. The van der Waals surface area contributed by atoms with Crippen LogP contribution in [0.3, 0.4) is 0 Å². The lowest BCUT2D eigenvalue weighted by molar-refractivity contribution is -0.0510. The maximum atomic E-state index is 12.8. The molecule has 2 heterocycles. The Bertz CT molecular complexity index is 1250. The summed E-state index contributed by atoms with van der Waals surface area (Å²) in [6.45, 7) is 5.23. The molecule has 154 valence electrons. The van der Waals surface area contributed by atoms with E-state index in [1.165, 1.54) is 24.5 Å². The van der Waals surface area contributed by atoms with Gasteiger partial charge in [-0.15, -0.1) is 0 Å². The highest BCUT2D eigenvalue weighted by Gasteiger charge is 2.15. The monoisotopic (exact) mass is 435 g/mol. The molecule has 0 aliphatic rings. The van der Waals surface area contributed by atoms with Crippen LogP contribution >= 0.6 is 11.6 Å². The van der Waals surface area contributed by atoms with Gasteiger partial charge >= 0.3 is 12.2 Å². The molecule has 0 radical (unpaired) electrons. The van der Waals surface area contributed by atoms with Crippen molar-refractivity contribution in [3.63, 3.8) is 0 Å². The summed E-state index contributed by atoms with van der Waals surface area (Å²) in [6.07, 6.45) is 1.22. The van der Waals surface area contributed by atoms with E-state index < -0.39 is 23.5 Å². The number of aromatic nitrogens is 4. The first-order chi connectivity index (χ1) is 14.3. The van der Waals surface area contributed by atoms with Crippen LogP contribution in [0.15, 0.2) is 40.2 Å². The first-order valence-corrected chi connectivity index (χ1v) is 8.60. The number of nitrogens with one attached hydrogen (secondary N) is 1. The number of aromatic amines is 1. The second-order valence-corrected chi connectivity index (χ2v) is 6.32. The van der Waals surface area contributed by atoms with E-state index in [0.717, 1.165) is 10.6 Å². The van der Waals surface area contributed by atoms with E-state index in [-0.39, 0.29) is 40.1 Å². The van der Waals surface area contributed by atoms with Gasteiger partial charge in [-0.2, -0.15) is 13.9 Å². The van der Waals surface area contributed by atoms with Crippen molar-refractivity contribution in [3.8, 4) is 17.2 Å². The van der Waals surface area contributed by atoms with Crippen molar-refractivity contribution in [1.82, 2.24) is 19.7 Å². The molecule has 0 saturated carbocycles. The van der Waals surface area contributed by atoms with Gasteiger partial charge in [0.15, 0.2) is 11.4 Å². The number of halogens is 3. The summed E-state index contributed by atoms with van der Waals surface area (Å²) < 4.78 is 35.7. The quantitative estimate of drug-likeness (QED) is 0.596. The Balaban J connectivity index is 1.94. The first-order valence-electron chi connectivity index (χ1n) is 8.22. The van der Waals surface area contributed by atoms with Crippen molar-refractivity contribution in [2.24, 2.45) is 0 Å². The smallest absolute Gasteiger partial charge is 0.387 e. The zero-order valence-electron chi connectivity index (χ0n) is 15.2. The third-order valence-corrected chi connectivity index (χ3v) is 3.97. The highest BCUT2D eigenvalue weighted by molar-refractivity contribution is 6.31. The molecular weight excluding hydrogens is 424 g/mol. The molecule has 12 heteroatoms. The van der Waals surface area contributed by atoms with Crippen LogP contribution in [0.1, 0.15) is 11.4 Å². The van der Waals surface area contributed by atoms with Crippen LogP contribution in [0, 0.1) is 13.5 Å². The normalized spacial score (nSPS) is 10.7. The minimum atomic E-state index is -3.19. The molecule has 0 aliphatic carbocycles. The van der Waals surface area contributed by atoms with Gasteiger partial charge in [0.05, 0.1) is 30.8 Å². The Hall–Kier alpha value is -3.78. The third-order valence-electron chi connectivity index (χ3n) is 3.75. The van der Waals surface area contributed by atoms with Crippen molar-refractivity contribution in [3.05, 3.63) is 79.1 Å². The molecule has 30 heavy (non-hydrogen) atoms. The molecule has 3 rings (SSSR count). The predicted octanol–water partition coefficient (Wildman–Crippen LogP) is 3.28. The Labute approximate surface area is 172 Å². The van der Waals surface area contributed by atoms with E-state index in [0.29, 0.717) is 0 Å². The van der Waals surface area contributed by atoms with Gasteiger partial charge in [-0.05, 0) is 25.1 Å². The summed E-state index contributed by atoms with van der Waals surface area (Å²) in [5.74, 6) is -0.586. The lowest BCUT2D eigenvalue weighted by Gasteiger charge is -2.12. The summed E-state index contributed by atoms with van der Waals surface area (Å²) >= 11 is 5.95. The molecule has 2 aromatic heterocycles. The summed E-state index contributed by atoms with van der Waals surface area (Å²) in [5, 5.41) is 5.99. The van der Waals surface area contributed by atoms with Crippen molar-refractivity contribution in [1.29, 1.82) is 0 Å². The summed E-state index contributed by atoms with van der Waals surface area (Å²) in [4.78, 5) is 31.7. The number of hydrogen-bond donors (Lipinski definition) is 1. The molecule has 1 aromatic carbocycles. The SMILES string of the molecule is [C-]#[N+]c1cc(Cl)cc(Oc2c(C)ncn(Cc3cc(OC(F)F)c(=O)[nH]n3)c2=O)c1. The fourth-order valence-electron chi connectivity index (χ4n) is 2.44. The molecular formula is C18H12ClF2N5O4. The molecule has 0 unspecified atom stereocenters. The number of benzene rings is 1. The van der Waals surface area contributed by atoms with Crippen LogP contribution in [-0.4, -0.2) is 26.4 Å². The average molecular weight is 436 g/mol. The number of alkyl halides is 2. The van der Waals surface area contributed by atoms with Crippen LogP contribution in [0.4, 0.5) is 14.5 Å². The highest BCUT2D eigenvalue weighted by atomic mass is 35.5. The second kappa shape index (κ2) is 8.71. The topological polar surface area (TPSA) is 103 Å². The fourth-order valence-corrected chi connectivity index (χ4v) is 2.66. The number of ether oxygens (including phenoxy) is 2. The lowest BCUT2D eigenvalue weighted by atomic mass is 10.3. The number of H-pyrrole nitrogens is 1. The Kier molecular flexibility index (Phi) is 6.08. The molecule has 0 fully saturated rings. The number of aryl methyl sites for hydroxylation is 1. The molecule has 0 saturated heterocycles. The van der Waals surface area contributed by atoms with Gasteiger partial charge in [0, 0.05) is 11.1 Å². The standard InChI is InChI=1S/C18H12ClF2N5O4/c1-9-15(29-13-4-10(19)3-11(5-13)22-2)17(28)26(8-23-9)7-12-6-14(30-18(20)21)16(27)25-24-12/h3-6,8,18H,7H2,1H3,(H,25,27). The van der Waals surface area contributed by atoms with E-state index in [1.54, 1.807) is 6.92 Å². The Morgan fingerprint density at radius 1 is 1.30 bits per heavy atom. The summed E-state index contributed by atoms with van der Waals surface area (Å²) in [6, 6.07) is 5.28. The van der Waals surface area contributed by atoms with E-state index >= 15 is 0 Å². The molecule has 0 aliphatic heterocycles. The van der Waals surface area contributed by atoms with Crippen LogP contribution in [0.25, 0.3) is 4.85 Å². The largest absolute Gasteiger partial charge is 0.451 e. The number of nitrogens with zero attached hydrogens (tertiary/aromatic N) is 4. The molecule has 0 amide bonds. The predicted molar refractivity (Wildman–Crippen MR) is 102 cm³/mol. The Morgan fingerprint density at radius 3 is 2.77 bits per heavy atom. The summed E-state index contributed by atoms with van der Waals surface area (Å²) in [5.41, 5.74) is -0.965. The van der Waals surface area contributed by atoms with Gasteiger partial charge in [-0.1, -0.05) is 11.6 Å². The zero-order valence-corrected chi connectivity index (χ0v) is 16.0. The van der Waals surface area contributed by atoms with Crippen molar-refractivity contribution < 1.29 is 18.3 Å². The molecule has 0 spiro atoms. The second-order valence-electron chi connectivity index (χ2n) is 5.88. The van der Waals surface area contributed by atoms with Crippen LogP contribution < -0.4 is 20.6 Å². The van der Waals surface area contributed by atoms with Gasteiger partial charge < -0.3 is 9.47 Å². The summed E-state index contributed by atoms with van der Waals surface area (Å²) in [7, 11) is 0. The molecule has 0 atom stereocenters. The maximum absolute atomic E-state index is 12.8. The minimum absolute atomic E-state index is 0.0713. The average Bonchev–Trinajstić information content (AvgIpc) is 2.69. The van der Waals surface area contributed by atoms with Gasteiger partial charge in [0.25, 0.3) is 5.56 Å². The zero-order chi connectivity index (χ0) is 21.8. The van der Waals surface area contributed by atoms with Crippen LogP contribution in [-0.2, 0) is 6.54 Å². The third kappa shape index (κ3) is 4.79. The van der Waals surface area contributed by atoms with E-state index in [1.807, 2.05) is 5.10 Å². The molecule has 1 N–H and O–H groups in total. The van der Waals surface area contributed by atoms with Crippen LogP contribution in [0.5, 0.6) is 17.2 Å². The van der Waals surface area contributed by atoms with Crippen LogP contribution in [0.2, 0.25) is 5.02 Å². The Morgan fingerprint density at radius 2 is 2.07 bits per heavy atom. The highest BCUT2D eigenvalue weighted by Crippen LogP contribution is 2.29. The molecule has 9 nitrogen and oxygen atoms in total. The maximum Gasteiger partial charge on any atom is 0.387 e. The molecule has 3 aromatic rings. The van der Waals surface area contributed by atoms with Gasteiger partial charge in [-0.3, -0.25) is 14.2 Å². The van der Waals surface area contributed by atoms with Crippen molar-refractivity contribution >= 4 is 17.3 Å². The van der Waals surface area contributed by atoms with E-state index in [9.17, 15) is 18.4 Å². The lowest BCUT2D eigenvalue weighted by Crippen LogP contribution is -2.25. The number of hydrogen-bond acceptors (Lipinski definition) is 6. The van der Waals surface area contributed by atoms with Crippen molar-refractivity contribution in [2.45, 2.75) is 20.1 Å². The molecule has 0 bridgehead atoms.